The Morgan fingerprint density at radius 1 is 1.12 bits per heavy atom. The maximum Gasteiger partial charge on any atom is 0.224 e. The third-order valence-corrected chi connectivity index (χ3v) is 5.62. The Morgan fingerprint density at radius 2 is 1.97 bits per heavy atom. The maximum atomic E-state index is 11.9. The first kappa shape index (κ1) is 20.2. The molecule has 1 aliphatic heterocycles. The average Bonchev–Trinajstić information content (AvgIpc) is 3.50. The number of nitrogen functional groups attached to an aromatic ring is 1. The van der Waals surface area contributed by atoms with E-state index in [2.05, 4.69) is 21.4 Å². The van der Waals surface area contributed by atoms with Gasteiger partial charge in [0.1, 0.15) is 5.75 Å². The molecule has 5 rings (SSSR count). The molecule has 1 saturated carbocycles. The number of nitrogens with zero attached hydrogens (tertiary/aromatic N) is 3. The van der Waals surface area contributed by atoms with E-state index in [0.717, 1.165) is 59.7 Å². The van der Waals surface area contributed by atoms with Crippen LogP contribution in [0, 0.1) is 0 Å². The highest BCUT2D eigenvalue weighted by Crippen LogP contribution is 2.32. The van der Waals surface area contributed by atoms with Gasteiger partial charge in [-0.25, -0.2) is 9.97 Å². The zero-order valence-corrected chi connectivity index (χ0v) is 17.8. The van der Waals surface area contributed by atoms with Gasteiger partial charge in [0.05, 0.1) is 24.4 Å². The number of carbonyl (C=O) groups excluding carboxylic acids is 1. The second kappa shape index (κ2) is 8.78. The quantitative estimate of drug-likeness (QED) is 0.571. The van der Waals surface area contributed by atoms with E-state index in [0.29, 0.717) is 19.1 Å². The number of aromatic nitrogens is 2. The number of aliphatic imine (C=N–C) groups is 1. The van der Waals surface area contributed by atoms with Gasteiger partial charge >= 0.3 is 0 Å². The lowest BCUT2D eigenvalue weighted by Gasteiger charge is -2.08. The summed E-state index contributed by atoms with van der Waals surface area (Å²) in [7, 11) is 0. The van der Waals surface area contributed by atoms with E-state index in [1.807, 2.05) is 42.5 Å². The lowest BCUT2D eigenvalue weighted by atomic mass is 10.0. The molecule has 1 fully saturated rings. The summed E-state index contributed by atoms with van der Waals surface area (Å²) in [5, 5.41) is 3.01. The van der Waals surface area contributed by atoms with Crippen molar-refractivity contribution in [2.75, 3.05) is 12.3 Å². The fourth-order valence-corrected chi connectivity index (χ4v) is 3.77. The molecule has 0 unspecified atom stereocenters. The molecular formula is C25H25N5O2. The SMILES string of the molecule is Nc1nccc(-c2ccc3c(c2)N=C(CCOc2ccc(CC(=O)NC4CC4)cc2)C3)n1. The monoisotopic (exact) mass is 427 g/mol. The van der Waals surface area contributed by atoms with Crippen LogP contribution in [-0.2, 0) is 17.6 Å². The molecule has 162 valence electrons. The summed E-state index contributed by atoms with van der Waals surface area (Å²) in [6.07, 6.45) is 5.87. The minimum absolute atomic E-state index is 0.0892. The molecule has 0 atom stereocenters. The summed E-state index contributed by atoms with van der Waals surface area (Å²) < 4.78 is 5.90. The molecule has 7 heteroatoms. The van der Waals surface area contributed by atoms with Crippen LogP contribution < -0.4 is 15.8 Å². The Balaban J connectivity index is 1.13. The molecule has 1 aliphatic carbocycles. The summed E-state index contributed by atoms with van der Waals surface area (Å²) in [6, 6.07) is 16.2. The Kier molecular flexibility index (Phi) is 5.54. The number of hydrogen-bond acceptors (Lipinski definition) is 6. The smallest absolute Gasteiger partial charge is 0.224 e. The van der Waals surface area contributed by atoms with Gasteiger partial charge in [-0.1, -0.05) is 24.3 Å². The molecule has 0 saturated heterocycles. The first-order valence-electron chi connectivity index (χ1n) is 10.9. The van der Waals surface area contributed by atoms with Gasteiger partial charge in [-0.2, -0.15) is 0 Å². The predicted octanol–water partition coefficient (Wildman–Crippen LogP) is 3.64. The van der Waals surface area contributed by atoms with Crippen LogP contribution >= 0.6 is 0 Å². The Labute approximate surface area is 186 Å². The number of nitrogens with one attached hydrogen (secondary N) is 1. The third-order valence-electron chi connectivity index (χ3n) is 5.62. The molecule has 3 aromatic rings. The summed E-state index contributed by atoms with van der Waals surface area (Å²) in [5.74, 6) is 1.15. The van der Waals surface area contributed by atoms with Crippen LogP contribution in [0.1, 0.15) is 30.4 Å². The van der Waals surface area contributed by atoms with Crippen LogP contribution in [0.3, 0.4) is 0 Å². The number of anilines is 1. The number of benzene rings is 2. The summed E-state index contributed by atoms with van der Waals surface area (Å²) in [5.41, 5.74) is 11.8. The first-order valence-corrected chi connectivity index (χ1v) is 10.9. The number of ether oxygens (including phenoxy) is 1. The van der Waals surface area contributed by atoms with Crippen LogP contribution in [0.2, 0.25) is 0 Å². The number of amides is 1. The van der Waals surface area contributed by atoms with Crippen LogP contribution in [0.5, 0.6) is 5.75 Å². The lowest BCUT2D eigenvalue weighted by molar-refractivity contribution is -0.120. The van der Waals surface area contributed by atoms with Crippen molar-refractivity contribution < 1.29 is 9.53 Å². The van der Waals surface area contributed by atoms with Crippen molar-refractivity contribution in [3.05, 3.63) is 65.9 Å². The van der Waals surface area contributed by atoms with Crippen molar-refractivity contribution in [2.24, 2.45) is 4.99 Å². The molecule has 0 bridgehead atoms. The molecule has 0 radical (unpaired) electrons. The molecule has 7 nitrogen and oxygen atoms in total. The molecule has 0 spiro atoms. The zero-order chi connectivity index (χ0) is 21.9. The average molecular weight is 428 g/mol. The Bertz CT molecular complexity index is 1170. The van der Waals surface area contributed by atoms with E-state index in [1.165, 1.54) is 5.56 Å². The number of fused-ring (bicyclic) bond motifs is 1. The van der Waals surface area contributed by atoms with E-state index < -0.39 is 0 Å². The molecule has 3 N–H and O–H groups in total. The summed E-state index contributed by atoms with van der Waals surface area (Å²) >= 11 is 0. The van der Waals surface area contributed by atoms with Gasteiger partial charge in [0, 0.05) is 36.4 Å². The van der Waals surface area contributed by atoms with Gasteiger partial charge < -0.3 is 15.8 Å². The highest BCUT2D eigenvalue weighted by molar-refractivity contribution is 5.94. The fraction of sp³-hybridized carbons (Fsp3) is 0.280. The topological polar surface area (TPSA) is 102 Å². The van der Waals surface area contributed by atoms with E-state index in [4.69, 9.17) is 15.5 Å². The number of hydrogen-bond donors (Lipinski definition) is 2. The van der Waals surface area contributed by atoms with Crippen molar-refractivity contribution in [2.45, 2.75) is 38.1 Å². The summed E-state index contributed by atoms with van der Waals surface area (Å²) in [6.45, 7) is 0.559. The Morgan fingerprint density at radius 3 is 2.75 bits per heavy atom. The molecule has 1 aromatic heterocycles. The van der Waals surface area contributed by atoms with E-state index >= 15 is 0 Å². The van der Waals surface area contributed by atoms with Crippen LogP contribution in [0.25, 0.3) is 11.3 Å². The predicted molar refractivity (Wildman–Crippen MR) is 124 cm³/mol. The molecule has 32 heavy (non-hydrogen) atoms. The highest BCUT2D eigenvalue weighted by Gasteiger charge is 2.23. The number of nitrogens with two attached hydrogens (primary N) is 1. The highest BCUT2D eigenvalue weighted by atomic mass is 16.5. The molecule has 2 aromatic carbocycles. The second-order valence-corrected chi connectivity index (χ2v) is 8.26. The van der Waals surface area contributed by atoms with Crippen molar-refractivity contribution in [3.8, 4) is 17.0 Å². The van der Waals surface area contributed by atoms with Crippen LogP contribution in [-0.4, -0.2) is 34.2 Å². The Hall–Kier alpha value is -3.74. The van der Waals surface area contributed by atoms with Crippen LogP contribution in [0.4, 0.5) is 11.6 Å². The third kappa shape index (κ3) is 4.94. The first-order chi connectivity index (χ1) is 15.6. The van der Waals surface area contributed by atoms with Gasteiger partial charge in [0.2, 0.25) is 11.9 Å². The van der Waals surface area contributed by atoms with Gasteiger partial charge in [-0.05, 0) is 48.2 Å². The normalized spacial score (nSPS) is 14.6. The van der Waals surface area contributed by atoms with Gasteiger partial charge in [0.25, 0.3) is 0 Å². The van der Waals surface area contributed by atoms with Gasteiger partial charge in [-0.3, -0.25) is 9.79 Å². The molecule has 2 heterocycles. The molecular weight excluding hydrogens is 402 g/mol. The van der Waals surface area contributed by atoms with Crippen molar-refractivity contribution in [1.29, 1.82) is 0 Å². The van der Waals surface area contributed by atoms with Crippen LogP contribution in [0.15, 0.2) is 59.7 Å². The largest absolute Gasteiger partial charge is 0.493 e. The fourth-order valence-electron chi connectivity index (χ4n) is 3.77. The number of rotatable bonds is 8. The van der Waals surface area contributed by atoms with E-state index in [-0.39, 0.29) is 11.9 Å². The zero-order valence-electron chi connectivity index (χ0n) is 17.8. The molecule has 2 aliphatic rings. The van der Waals surface area contributed by atoms with Crippen molar-refractivity contribution in [3.63, 3.8) is 0 Å². The standard InChI is InChI=1S/C25H25N5O2/c26-25-27-11-9-22(30-25)18-4-3-17-14-20(28-23(17)15-18)10-12-32-21-7-1-16(2-8-21)13-24(31)29-19-5-6-19/h1-4,7-9,11,15,19H,5-6,10,12-14H2,(H,29,31)(H2,26,27,30). The van der Waals surface area contributed by atoms with E-state index in [9.17, 15) is 4.79 Å². The van der Waals surface area contributed by atoms with Crippen molar-refractivity contribution >= 4 is 23.3 Å². The maximum absolute atomic E-state index is 11.9. The van der Waals surface area contributed by atoms with E-state index in [1.54, 1.807) is 6.20 Å². The minimum atomic E-state index is 0.0892. The minimum Gasteiger partial charge on any atom is -0.493 e. The van der Waals surface area contributed by atoms with Gasteiger partial charge in [-0.15, -0.1) is 0 Å². The van der Waals surface area contributed by atoms with Gasteiger partial charge in [0.15, 0.2) is 0 Å². The molecule has 1 amide bonds. The second-order valence-electron chi connectivity index (χ2n) is 8.26. The number of carbonyl (C=O) groups is 1. The lowest BCUT2D eigenvalue weighted by Crippen LogP contribution is -2.26. The summed E-state index contributed by atoms with van der Waals surface area (Å²) in [4.78, 5) is 24.9. The van der Waals surface area contributed by atoms with Crippen molar-refractivity contribution in [1.82, 2.24) is 15.3 Å².